The molecular weight excluding hydrogens is 236 g/mol. The molecular formula is C17H12O2. The van der Waals surface area contributed by atoms with E-state index in [0.29, 0.717) is 5.56 Å². The van der Waals surface area contributed by atoms with Crippen molar-refractivity contribution in [3.05, 3.63) is 59.2 Å². The van der Waals surface area contributed by atoms with Gasteiger partial charge in [-0.3, -0.25) is 0 Å². The molecule has 0 saturated carbocycles. The SMILES string of the molecule is COC(=O)c1ccc2ccc3cccc4c3c2c1C4. The van der Waals surface area contributed by atoms with Crippen molar-refractivity contribution in [2.24, 2.45) is 0 Å². The summed E-state index contributed by atoms with van der Waals surface area (Å²) in [7, 11) is 1.43. The summed E-state index contributed by atoms with van der Waals surface area (Å²) in [4.78, 5) is 11.9. The lowest BCUT2D eigenvalue weighted by molar-refractivity contribution is 0.0600. The molecule has 19 heavy (non-hydrogen) atoms. The van der Waals surface area contributed by atoms with Crippen molar-refractivity contribution < 1.29 is 9.53 Å². The van der Waals surface area contributed by atoms with Crippen LogP contribution in [0.3, 0.4) is 0 Å². The summed E-state index contributed by atoms with van der Waals surface area (Å²) in [5.41, 5.74) is 3.10. The first-order valence-electron chi connectivity index (χ1n) is 6.34. The zero-order valence-corrected chi connectivity index (χ0v) is 10.6. The van der Waals surface area contributed by atoms with Crippen molar-refractivity contribution in [3.63, 3.8) is 0 Å². The van der Waals surface area contributed by atoms with Crippen LogP contribution in [0.25, 0.3) is 21.5 Å². The van der Waals surface area contributed by atoms with Crippen molar-refractivity contribution in [2.45, 2.75) is 6.42 Å². The third-order valence-electron chi connectivity index (χ3n) is 3.99. The number of benzene rings is 3. The van der Waals surface area contributed by atoms with Crippen LogP contribution in [0, 0.1) is 0 Å². The van der Waals surface area contributed by atoms with Crippen LogP contribution < -0.4 is 0 Å². The average Bonchev–Trinajstić information content (AvgIpc) is 2.85. The smallest absolute Gasteiger partial charge is 0.338 e. The molecule has 0 unspecified atom stereocenters. The van der Waals surface area contributed by atoms with Crippen LogP contribution in [-0.2, 0) is 11.2 Å². The molecule has 0 spiro atoms. The fourth-order valence-electron chi connectivity index (χ4n) is 3.17. The molecule has 0 atom stereocenters. The maximum Gasteiger partial charge on any atom is 0.338 e. The lowest BCUT2D eigenvalue weighted by atomic mass is 9.99. The molecule has 2 heteroatoms. The second-order valence-corrected chi connectivity index (χ2v) is 4.94. The van der Waals surface area contributed by atoms with E-state index in [9.17, 15) is 4.79 Å². The van der Waals surface area contributed by atoms with Gasteiger partial charge in [-0.15, -0.1) is 0 Å². The van der Waals surface area contributed by atoms with Gasteiger partial charge in [-0.05, 0) is 45.2 Å². The van der Waals surface area contributed by atoms with Crippen molar-refractivity contribution in [1.29, 1.82) is 0 Å². The maximum absolute atomic E-state index is 11.9. The number of methoxy groups -OCH3 is 1. The Kier molecular flexibility index (Phi) is 1.99. The molecule has 0 saturated heterocycles. The van der Waals surface area contributed by atoms with Gasteiger partial charge in [0.1, 0.15) is 0 Å². The predicted octanol–water partition coefficient (Wildman–Crippen LogP) is 3.68. The maximum atomic E-state index is 11.9. The van der Waals surface area contributed by atoms with E-state index in [1.807, 2.05) is 12.1 Å². The van der Waals surface area contributed by atoms with E-state index >= 15 is 0 Å². The number of hydrogen-bond donors (Lipinski definition) is 0. The van der Waals surface area contributed by atoms with Crippen molar-refractivity contribution in [1.82, 2.24) is 0 Å². The van der Waals surface area contributed by atoms with Gasteiger partial charge in [0.15, 0.2) is 0 Å². The lowest BCUT2D eigenvalue weighted by Crippen LogP contribution is -2.04. The molecule has 3 aromatic carbocycles. The number of rotatable bonds is 1. The Balaban J connectivity index is 2.19. The second kappa shape index (κ2) is 3.58. The third-order valence-corrected chi connectivity index (χ3v) is 3.99. The summed E-state index contributed by atoms with van der Waals surface area (Å²) < 4.78 is 4.89. The van der Waals surface area contributed by atoms with E-state index in [2.05, 4.69) is 30.3 Å². The van der Waals surface area contributed by atoms with Gasteiger partial charge >= 0.3 is 5.97 Å². The van der Waals surface area contributed by atoms with E-state index in [4.69, 9.17) is 4.74 Å². The first kappa shape index (κ1) is 10.6. The number of carbonyl (C=O) groups is 1. The van der Waals surface area contributed by atoms with Gasteiger partial charge in [-0.25, -0.2) is 4.79 Å². The number of esters is 1. The molecule has 1 aliphatic rings. The normalized spacial score (nSPS) is 12.5. The molecule has 0 amide bonds. The zero-order valence-electron chi connectivity index (χ0n) is 10.6. The molecule has 1 aliphatic carbocycles. The van der Waals surface area contributed by atoms with E-state index in [1.54, 1.807) is 0 Å². The monoisotopic (exact) mass is 248 g/mol. The summed E-state index contributed by atoms with van der Waals surface area (Å²) in [5, 5.41) is 4.95. The number of carbonyl (C=O) groups excluding carboxylic acids is 1. The molecule has 0 fully saturated rings. The highest BCUT2D eigenvalue weighted by molar-refractivity contribution is 6.15. The minimum atomic E-state index is -0.248. The average molecular weight is 248 g/mol. The van der Waals surface area contributed by atoms with Crippen LogP contribution in [0.1, 0.15) is 21.5 Å². The van der Waals surface area contributed by atoms with Crippen LogP contribution >= 0.6 is 0 Å². The molecule has 0 radical (unpaired) electrons. The van der Waals surface area contributed by atoms with Gasteiger partial charge in [-0.1, -0.05) is 36.4 Å². The standard InChI is InChI=1S/C17H12O2/c1-19-17(18)13-8-7-11-6-5-10-3-2-4-12-9-14(13)16(11)15(10)12/h2-8H,9H2,1H3. The Hall–Kier alpha value is -2.35. The molecule has 0 aromatic heterocycles. The fraction of sp³-hybridized carbons (Fsp3) is 0.118. The molecule has 0 heterocycles. The molecule has 0 N–H and O–H groups in total. The zero-order chi connectivity index (χ0) is 13.0. The molecule has 0 aliphatic heterocycles. The van der Waals surface area contributed by atoms with Crippen LogP contribution in [0.4, 0.5) is 0 Å². The minimum Gasteiger partial charge on any atom is -0.465 e. The molecule has 4 rings (SSSR count). The minimum absolute atomic E-state index is 0.248. The van der Waals surface area contributed by atoms with Gasteiger partial charge in [0.2, 0.25) is 0 Å². The highest BCUT2D eigenvalue weighted by Gasteiger charge is 2.22. The lowest BCUT2D eigenvalue weighted by Gasteiger charge is -2.07. The first-order chi connectivity index (χ1) is 9.29. The summed E-state index contributed by atoms with van der Waals surface area (Å²) in [6.07, 6.45) is 0.818. The van der Waals surface area contributed by atoms with Crippen molar-refractivity contribution in [2.75, 3.05) is 7.11 Å². The van der Waals surface area contributed by atoms with E-state index in [1.165, 1.54) is 34.2 Å². The van der Waals surface area contributed by atoms with Gasteiger partial charge < -0.3 is 4.74 Å². The Morgan fingerprint density at radius 2 is 1.74 bits per heavy atom. The highest BCUT2D eigenvalue weighted by atomic mass is 16.5. The molecule has 2 nitrogen and oxygen atoms in total. The summed E-state index contributed by atoms with van der Waals surface area (Å²) in [6, 6.07) is 14.5. The summed E-state index contributed by atoms with van der Waals surface area (Å²) in [6.45, 7) is 0. The second-order valence-electron chi connectivity index (χ2n) is 4.94. The largest absolute Gasteiger partial charge is 0.465 e. The van der Waals surface area contributed by atoms with Crippen LogP contribution in [0.5, 0.6) is 0 Å². The van der Waals surface area contributed by atoms with Gasteiger partial charge in [0.05, 0.1) is 12.7 Å². The van der Waals surface area contributed by atoms with Gasteiger partial charge in [-0.2, -0.15) is 0 Å². The molecule has 3 aromatic rings. The van der Waals surface area contributed by atoms with E-state index < -0.39 is 0 Å². The quantitative estimate of drug-likeness (QED) is 0.379. The first-order valence-corrected chi connectivity index (χ1v) is 6.34. The van der Waals surface area contributed by atoms with Crippen LogP contribution in [0.15, 0.2) is 42.5 Å². The Morgan fingerprint density at radius 1 is 1.00 bits per heavy atom. The number of hydrogen-bond acceptors (Lipinski definition) is 2. The van der Waals surface area contributed by atoms with Crippen LogP contribution in [0.2, 0.25) is 0 Å². The van der Waals surface area contributed by atoms with Gasteiger partial charge in [0, 0.05) is 0 Å². The molecule has 0 bridgehead atoms. The van der Waals surface area contributed by atoms with E-state index in [-0.39, 0.29) is 5.97 Å². The summed E-state index contributed by atoms with van der Waals surface area (Å²) in [5.74, 6) is -0.248. The fourth-order valence-corrected chi connectivity index (χ4v) is 3.17. The predicted molar refractivity (Wildman–Crippen MR) is 75.6 cm³/mol. The Bertz CT molecular complexity index is 847. The van der Waals surface area contributed by atoms with E-state index in [0.717, 1.165) is 12.0 Å². The third kappa shape index (κ3) is 1.28. The highest BCUT2D eigenvalue weighted by Crippen LogP contribution is 2.39. The topological polar surface area (TPSA) is 26.3 Å². The van der Waals surface area contributed by atoms with Gasteiger partial charge in [0.25, 0.3) is 0 Å². The van der Waals surface area contributed by atoms with Crippen molar-refractivity contribution >= 4 is 27.5 Å². The summed E-state index contributed by atoms with van der Waals surface area (Å²) >= 11 is 0. The Labute approximate surface area is 110 Å². The number of ether oxygens (including phenoxy) is 1. The molecule has 92 valence electrons. The Morgan fingerprint density at radius 3 is 2.53 bits per heavy atom. The van der Waals surface area contributed by atoms with Crippen LogP contribution in [-0.4, -0.2) is 13.1 Å². The van der Waals surface area contributed by atoms with Crippen molar-refractivity contribution in [3.8, 4) is 0 Å².